The van der Waals surface area contributed by atoms with Gasteiger partial charge in [0.25, 0.3) is 0 Å². The van der Waals surface area contributed by atoms with E-state index in [1.165, 1.54) is 24.3 Å². The van der Waals surface area contributed by atoms with Crippen molar-refractivity contribution in [3.8, 4) is 5.69 Å². The lowest BCUT2D eigenvalue weighted by molar-refractivity contribution is -0.146. The molecular weight excluding hydrogens is 251 g/mol. The van der Waals surface area contributed by atoms with E-state index in [1.54, 1.807) is 0 Å². The van der Waals surface area contributed by atoms with Gasteiger partial charge in [0.1, 0.15) is 6.33 Å². The predicted octanol–water partition coefficient (Wildman–Crippen LogP) is 1.98. The highest BCUT2D eigenvalue weighted by Crippen LogP contribution is 2.29. The number of rotatable bonds is 2. The van der Waals surface area contributed by atoms with Crippen LogP contribution < -0.4 is 0 Å². The molecule has 0 saturated heterocycles. The smallest absolute Gasteiger partial charge is 0.451 e. The van der Waals surface area contributed by atoms with Gasteiger partial charge >= 0.3 is 12.1 Å². The van der Waals surface area contributed by atoms with E-state index < -0.39 is 18.0 Å². The van der Waals surface area contributed by atoms with Gasteiger partial charge in [0.15, 0.2) is 0 Å². The van der Waals surface area contributed by atoms with E-state index in [2.05, 4.69) is 10.1 Å². The van der Waals surface area contributed by atoms with Crippen LogP contribution in [-0.2, 0) is 6.18 Å². The van der Waals surface area contributed by atoms with E-state index >= 15 is 0 Å². The van der Waals surface area contributed by atoms with Gasteiger partial charge in [-0.3, -0.25) is 0 Å². The first-order chi connectivity index (χ1) is 8.41. The van der Waals surface area contributed by atoms with Crippen LogP contribution in [-0.4, -0.2) is 25.8 Å². The van der Waals surface area contributed by atoms with Crippen LogP contribution >= 0.6 is 0 Å². The minimum absolute atomic E-state index is 0.185. The van der Waals surface area contributed by atoms with Crippen molar-refractivity contribution in [3.63, 3.8) is 0 Å². The lowest BCUT2D eigenvalue weighted by Crippen LogP contribution is -2.16. The van der Waals surface area contributed by atoms with E-state index in [0.717, 1.165) is 6.33 Å². The van der Waals surface area contributed by atoms with Crippen molar-refractivity contribution in [1.82, 2.24) is 14.8 Å². The number of alkyl halides is 3. The fraction of sp³-hybridized carbons (Fsp3) is 0.100. The third-order valence-electron chi connectivity index (χ3n) is 2.16. The average Bonchev–Trinajstić information content (AvgIpc) is 2.77. The molecule has 1 aromatic carbocycles. The Balaban J connectivity index is 2.64. The third kappa shape index (κ3) is 2.04. The van der Waals surface area contributed by atoms with Crippen LogP contribution in [0.3, 0.4) is 0 Å². The number of nitrogens with zero attached hydrogens (tertiary/aromatic N) is 3. The summed E-state index contributed by atoms with van der Waals surface area (Å²) in [5.41, 5.74) is -0.469. The molecule has 0 saturated carbocycles. The molecule has 18 heavy (non-hydrogen) atoms. The summed E-state index contributed by atoms with van der Waals surface area (Å²) in [6.07, 6.45) is -3.98. The number of carboxylic acid groups (broad SMARTS) is 1. The first-order valence-corrected chi connectivity index (χ1v) is 4.71. The molecule has 0 aliphatic heterocycles. The first-order valence-electron chi connectivity index (χ1n) is 4.71. The molecule has 2 rings (SSSR count). The molecule has 1 N–H and O–H groups in total. The minimum Gasteiger partial charge on any atom is -0.478 e. The first kappa shape index (κ1) is 12.1. The van der Waals surface area contributed by atoms with Crippen LogP contribution in [0.4, 0.5) is 13.2 Å². The van der Waals surface area contributed by atoms with E-state index in [9.17, 15) is 18.0 Å². The zero-order valence-electron chi connectivity index (χ0n) is 8.72. The molecule has 0 bridgehead atoms. The molecule has 0 fully saturated rings. The molecule has 0 aliphatic rings. The van der Waals surface area contributed by atoms with Crippen LogP contribution in [0.2, 0.25) is 0 Å². The van der Waals surface area contributed by atoms with Gasteiger partial charge in [-0.2, -0.15) is 18.3 Å². The van der Waals surface area contributed by atoms with Crippen molar-refractivity contribution in [2.75, 3.05) is 0 Å². The van der Waals surface area contributed by atoms with E-state index in [1.807, 2.05) is 0 Å². The Labute approximate surface area is 98.5 Å². The molecule has 0 aliphatic carbocycles. The Bertz CT molecular complexity index is 592. The molecule has 2 aromatic rings. The van der Waals surface area contributed by atoms with Crippen LogP contribution in [0.15, 0.2) is 30.6 Å². The maximum atomic E-state index is 12.6. The van der Waals surface area contributed by atoms with Crippen molar-refractivity contribution in [2.24, 2.45) is 0 Å². The van der Waals surface area contributed by atoms with Gasteiger partial charge < -0.3 is 5.11 Å². The van der Waals surface area contributed by atoms with Crippen molar-refractivity contribution >= 4 is 5.97 Å². The second kappa shape index (κ2) is 4.13. The number of carboxylic acids is 1. The van der Waals surface area contributed by atoms with Crippen molar-refractivity contribution in [2.45, 2.75) is 6.18 Å². The molecule has 94 valence electrons. The highest BCUT2D eigenvalue weighted by Gasteiger charge is 2.37. The maximum Gasteiger partial charge on any atom is 0.451 e. The lowest BCUT2D eigenvalue weighted by Gasteiger charge is -2.10. The van der Waals surface area contributed by atoms with E-state index in [-0.39, 0.29) is 11.3 Å². The zero-order valence-corrected chi connectivity index (χ0v) is 8.72. The number of para-hydroxylation sites is 1. The Hall–Kier alpha value is -2.38. The highest BCUT2D eigenvalue weighted by molar-refractivity contribution is 5.91. The van der Waals surface area contributed by atoms with Crippen molar-refractivity contribution in [3.05, 3.63) is 42.0 Å². The monoisotopic (exact) mass is 257 g/mol. The van der Waals surface area contributed by atoms with Gasteiger partial charge in [-0.05, 0) is 12.1 Å². The third-order valence-corrected chi connectivity index (χ3v) is 2.16. The topological polar surface area (TPSA) is 68.0 Å². The molecule has 5 nitrogen and oxygen atoms in total. The average molecular weight is 257 g/mol. The molecular formula is C10H6F3N3O2. The summed E-state index contributed by atoms with van der Waals surface area (Å²) in [7, 11) is 0. The number of hydrogen-bond donors (Lipinski definition) is 1. The predicted molar refractivity (Wildman–Crippen MR) is 53.3 cm³/mol. The summed E-state index contributed by atoms with van der Waals surface area (Å²) in [6, 6.07) is 5.26. The summed E-state index contributed by atoms with van der Waals surface area (Å²) in [4.78, 5) is 14.0. The standard InChI is InChI=1S/C10H6F3N3O2/c11-10(12,13)9-14-5-15-16(9)7-4-2-1-3-6(7)8(17)18/h1-5H,(H,17,18). The summed E-state index contributed by atoms with van der Waals surface area (Å²) < 4.78 is 38.3. The molecule has 0 radical (unpaired) electrons. The normalized spacial score (nSPS) is 11.5. The SMILES string of the molecule is O=C(O)c1ccccc1-n1ncnc1C(F)(F)F. The largest absolute Gasteiger partial charge is 0.478 e. The Morgan fingerprint density at radius 1 is 1.28 bits per heavy atom. The number of hydrogen-bond acceptors (Lipinski definition) is 3. The molecule has 1 aromatic heterocycles. The number of halogens is 3. The fourth-order valence-corrected chi connectivity index (χ4v) is 1.45. The minimum atomic E-state index is -4.71. The van der Waals surface area contributed by atoms with Gasteiger partial charge in [0.05, 0.1) is 11.3 Å². The van der Waals surface area contributed by atoms with Gasteiger partial charge in [-0.15, -0.1) is 0 Å². The van der Waals surface area contributed by atoms with Crippen molar-refractivity contribution in [1.29, 1.82) is 0 Å². The zero-order chi connectivity index (χ0) is 13.3. The van der Waals surface area contributed by atoms with E-state index in [4.69, 9.17) is 5.11 Å². The second-order valence-electron chi connectivity index (χ2n) is 3.32. The molecule has 1 heterocycles. The number of aromatic carboxylic acids is 1. The van der Waals surface area contributed by atoms with Crippen LogP contribution in [0, 0.1) is 0 Å². The number of aromatic nitrogens is 3. The summed E-state index contributed by atoms with van der Waals surface area (Å²) in [5.74, 6) is -2.61. The molecule has 0 atom stereocenters. The van der Waals surface area contributed by atoms with Crippen LogP contribution in [0.25, 0.3) is 5.69 Å². The van der Waals surface area contributed by atoms with Gasteiger partial charge in [0.2, 0.25) is 5.82 Å². The van der Waals surface area contributed by atoms with Crippen LogP contribution in [0.1, 0.15) is 16.2 Å². The Morgan fingerprint density at radius 2 is 1.94 bits per heavy atom. The number of carbonyl (C=O) groups is 1. The van der Waals surface area contributed by atoms with Gasteiger partial charge in [0, 0.05) is 0 Å². The number of benzene rings is 1. The molecule has 0 amide bonds. The summed E-state index contributed by atoms with van der Waals surface area (Å²) in [5, 5.41) is 12.3. The Morgan fingerprint density at radius 3 is 2.56 bits per heavy atom. The second-order valence-corrected chi connectivity index (χ2v) is 3.32. The van der Waals surface area contributed by atoms with Crippen molar-refractivity contribution < 1.29 is 23.1 Å². The lowest BCUT2D eigenvalue weighted by atomic mass is 10.2. The van der Waals surface area contributed by atoms with E-state index in [0.29, 0.717) is 4.68 Å². The molecule has 8 heteroatoms. The van der Waals surface area contributed by atoms with Gasteiger partial charge in [-0.25, -0.2) is 14.5 Å². The van der Waals surface area contributed by atoms with Crippen LogP contribution in [0.5, 0.6) is 0 Å². The summed E-state index contributed by atoms with van der Waals surface area (Å²) in [6.45, 7) is 0. The van der Waals surface area contributed by atoms with Gasteiger partial charge in [-0.1, -0.05) is 12.1 Å². The highest BCUT2D eigenvalue weighted by atomic mass is 19.4. The molecule has 0 spiro atoms. The molecule has 0 unspecified atom stereocenters. The fourth-order valence-electron chi connectivity index (χ4n) is 1.45. The maximum absolute atomic E-state index is 12.6. The Kier molecular flexibility index (Phi) is 2.77. The summed E-state index contributed by atoms with van der Waals surface area (Å²) >= 11 is 0. The quantitative estimate of drug-likeness (QED) is 0.893.